The van der Waals surface area contributed by atoms with Crippen LogP contribution >= 0.6 is 11.8 Å². The minimum atomic E-state index is 0.337. The van der Waals surface area contributed by atoms with Gasteiger partial charge in [0.25, 0.3) is 0 Å². The number of nitriles is 1. The van der Waals surface area contributed by atoms with Gasteiger partial charge in [0, 0.05) is 38.8 Å². The summed E-state index contributed by atoms with van der Waals surface area (Å²) in [4.78, 5) is 19.6. The van der Waals surface area contributed by atoms with Gasteiger partial charge in [0.2, 0.25) is 0 Å². The molecule has 3 aliphatic heterocycles. The maximum Gasteiger partial charge on any atom is 0.158 e. The molecule has 3 aliphatic rings. The van der Waals surface area contributed by atoms with Gasteiger partial charge >= 0.3 is 0 Å². The van der Waals surface area contributed by atoms with Crippen molar-refractivity contribution in [3.63, 3.8) is 0 Å². The Labute approximate surface area is 199 Å². The second-order valence-electron chi connectivity index (χ2n) is 9.62. The molecule has 0 aromatic carbocycles. The first kappa shape index (κ1) is 22.2. The third kappa shape index (κ3) is 4.73. The largest absolute Gasteiger partial charge is 0.381 e. The molecule has 0 amide bonds. The van der Waals surface area contributed by atoms with Crippen molar-refractivity contribution in [1.82, 2.24) is 15.0 Å². The predicted molar refractivity (Wildman–Crippen MR) is 129 cm³/mol. The zero-order valence-corrected chi connectivity index (χ0v) is 19.9. The molecule has 33 heavy (non-hydrogen) atoms. The lowest BCUT2D eigenvalue weighted by Crippen LogP contribution is -2.41. The number of piperidine rings is 1. The van der Waals surface area contributed by atoms with Gasteiger partial charge < -0.3 is 20.3 Å². The van der Waals surface area contributed by atoms with Gasteiger partial charge in [-0.05, 0) is 56.1 Å². The van der Waals surface area contributed by atoms with Crippen molar-refractivity contribution < 1.29 is 4.74 Å². The highest BCUT2D eigenvalue weighted by atomic mass is 32.2. The topological polar surface area (TPSA) is 104 Å². The molecular weight excluding hydrogens is 434 g/mol. The van der Waals surface area contributed by atoms with Crippen LogP contribution < -0.4 is 15.5 Å². The summed E-state index contributed by atoms with van der Waals surface area (Å²) in [6.07, 6.45) is 9.05. The summed E-state index contributed by atoms with van der Waals surface area (Å²) in [5.41, 5.74) is 6.70. The predicted octanol–water partition coefficient (Wildman–Crippen LogP) is 3.74. The van der Waals surface area contributed by atoms with Gasteiger partial charge in [0.1, 0.15) is 16.7 Å². The number of hydrogen-bond donors (Lipinski definition) is 1. The van der Waals surface area contributed by atoms with E-state index < -0.39 is 0 Å². The quantitative estimate of drug-likeness (QED) is 0.707. The van der Waals surface area contributed by atoms with Crippen molar-refractivity contribution in [2.24, 2.45) is 11.3 Å². The maximum atomic E-state index is 9.02. The minimum absolute atomic E-state index is 0.337. The second kappa shape index (κ2) is 9.35. The molecule has 0 bridgehead atoms. The molecular formula is C24H31N7OS. The lowest BCUT2D eigenvalue weighted by Gasteiger charge is -2.38. The van der Waals surface area contributed by atoms with E-state index in [9.17, 15) is 0 Å². The third-order valence-corrected chi connectivity index (χ3v) is 8.26. The van der Waals surface area contributed by atoms with Crippen molar-refractivity contribution in [2.75, 3.05) is 48.3 Å². The Morgan fingerprint density at radius 2 is 2.12 bits per heavy atom. The number of rotatable bonds is 5. The van der Waals surface area contributed by atoms with E-state index >= 15 is 0 Å². The van der Waals surface area contributed by atoms with E-state index in [2.05, 4.69) is 32.8 Å². The van der Waals surface area contributed by atoms with Crippen LogP contribution in [0.1, 0.15) is 39.0 Å². The molecule has 5 rings (SSSR count). The molecule has 3 fully saturated rings. The summed E-state index contributed by atoms with van der Waals surface area (Å²) < 4.78 is 5.85. The van der Waals surface area contributed by atoms with E-state index in [1.54, 1.807) is 0 Å². The molecule has 3 saturated heterocycles. The lowest BCUT2D eigenvalue weighted by atomic mass is 9.77. The highest BCUT2D eigenvalue weighted by Gasteiger charge is 2.41. The molecule has 174 valence electrons. The van der Waals surface area contributed by atoms with Crippen LogP contribution in [0.4, 0.5) is 17.5 Å². The minimum Gasteiger partial charge on any atom is -0.381 e. The SMILES string of the molecule is C[C@H]1CC2(CCN(c3cnc(Sc4cccnc4N4CCC(CC#N)C4)c(N)n3)CC2)CO1. The Balaban J connectivity index is 1.26. The number of nitrogens with two attached hydrogens (primary N) is 1. The standard InChI is InChI=1S/C24H31N7OS/c1-17-13-24(16-32-17)6-11-30(12-7-24)20-14-28-23(21(26)29-20)33-19-3-2-9-27-22(19)31-10-5-18(15-31)4-8-25/h2-3,9,14,17-18H,4-7,10-13,15-16H2,1H3,(H2,26,29)/t17-,18?/m0/s1. The number of ether oxygens (including phenoxy) is 1. The van der Waals surface area contributed by atoms with E-state index in [0.717, 1.165) is 75.0 Å². The van der Waals surface area contributed by atoms with Crippen LogP contribution in [0, 0.1) is 22.7 Å². The number of nitrogen functional groups attached to an aromatic ring is 1. The van der Waals surface area contributed by atoms with Gasteiger partial charge in [-0.15, -0.1) is 0 Å². The summed E-state index contributed by atoms with van der Waals surface area (Å²) in [6, 6.07) is 6.28. The summed E-state index contributed by atoms with van der Waals surface area (Å²) in [6.45, 7) is 6.75. The average Bonchev–Trinajstić information content (AvgIpc) is 3.43. The molecule has 2 atom stereocenters. The molecule has 0 saturated carbocycles. The number of aromatic nitrogens is 3. The number of hydrogen-bond acceptors (Lipinski definition) is 9. The zero-order chi connectivity index (χ0) is 22.8. The fourth-order valence-electron chi connectivity index (χ4n) is 5.34. The van der Waals surface area contributed by atoms with Crippen LogP contribution in [0.5, 0.6) is 0 Å². The fourth-order valence-corrected chi connectivity index (χ4v) is 6.23. The van der Waals surface area contributed by atoms with E-state index in [1.807, 2.05) is 24.5 Å². The molecule has 2 aromatic rings. The maximum absolute atomic E-state index is 9.02. The molecule has 2 N–H and O–H groups in total. The molecule has 1 spiro atoms. The molecule has 0 radical (unpaired) electrons. The Morgan fingerprint density at radius 1 is 1.27 bits per heavy atom. The Kier molecular flexibility index (Phi) is 6.30. The van der Waals surface area contributed by atoms with Crippen LogP contribution in [0.2, 0.25) is 0 Å². The van der Waals surface area contributed by atoms with Crippen molar-refractivity contribution in [3.05, 3.63) is 24.5 Å². The highest BCUT2D eigenvalue weighted by molar-refractivity contribution is 7.99. The molecule has 1 unspecified atom stereocenters. The van der Waals surface area contributed by atoms with E-state index in [-0.39, 0.29) is 0 Å². The molecule has 0 aliphatic carbocycles. The van der Waals surface area contributed by atoms with Gasteiger partial charge in [-0.3, -0.25) is 0 Å². The zero-order valence-electron chi connectivity index (χ0n) is 19.1. The second-order valence-corrected chi connectivity index (χ2v) is 10.7. The normalized spacial score (nSPS) is 24.4. The summed E-state index contributed by atoms with van der Waals surface area (Å²) in [5.74, 6) is 2.64. The van der Waals surface area contributed by atoms with Gasteiger partial charge in [-0.1, -0.05) is 11.8 Å². The van der Waals surface area contributed by atoms with Crippen LogP contribution in [0.15, 0.2) is 34.4 Å². The molecule has 2 aromatic heterocycles. The van der Waals surface area contributed by atoms with Gasteiger partial charge in [-0.2, -0.15) is 5.26 Å². The summed E-state index contributed by atoms with van der Waals surface area (Å²) in [5, 5.41) is 9.72. The van der Waals surface area contributed by atoms with Crippen LogP contribution in [-0.4, -0.2) is 53.8 Å². The first-order valence-corrected chi connectivity index (χ1v) is 12.6. The summed E-state index contributed by atoms with van der Waals surface area (Å²) in [7, 11) is 0. The molecule has 9 heteroatoms. The first-order valence-electron chi connectivity index (χ1n) is 11.8. The monoisotopic (exact) mass is 465 g/mol. The van der Waals surface area contributed by atoms with Crippen molar-refractivity contribution in [1.29, 1.82) is 5.26 Å². The van der Waals surface area contributed by atoms with Crippen molar-refractivity contribution in [2.45, 2.75) is 55.1 Å². The highest BCUT2D eigenvalue weighted by Crippen LogP contribution is 2.43. The van der Waals surface area contributed by atoms with Gasteiger partial charge in [0.15, 0.2) is 5.82 Å². The summed E-state index contributed by atoms with van der Waals surface area (Å²) >= 11 is 1.51. The fraction of sp³-hybridized carbons (Fsp3) is 0.583. The van der Waals surface area contributed by atoms with Crippen molar-refractivity contribution in [3.8, 4) is 6.07 Å². The average molecular weight is 466 g/mol. The Bertz CT molecular complexity index is 1030. The molecule has 5 heterocycles. The Morgan fingerprint density at radius 3 is 2.85 bits per heavy atom. The third-order valence-electron chi connectivity index (χ3n) is 7.22. The number of anilines is 3. The smallest absolute Gasteiger partial charge is 0.158 e. The van der Waals surface area contributed by atoms with Gasteiger partial charge in [0.05, 0.1) is 29.9 Å². The van der Waals surface area contributed by atoms with E-state index in [1.165, 1.54) is 11.8 Å². The van der Waals surface area contributed by atoms with Crippen molar-refractivity contribution >= 4 is 29.2 Å². The number of nitrogens with zero attached hydrogens (tertiary/aromatic N) is 6. The lowest BCUT2D eigenvalue weighted by molar-refractivity contribution is 0.0976. The van der Waals surface area contributed by atoms with Gasteiger partial charge in [-0.25, -0.2) is 15.0 Å². The van der Waals surface area contributed by atoms with Crippen LogP contribution in [-0.2, 0) is 4.74 Å². The van der Waals surface area contributed by atoms with E-state index in [0.29, 0.717) is 34.7 Å². The van der Waals surface area contributed by atoms with Crippen LogP contribution in [0.25, 0.3) is 0 Å². The Hall–Kier alpha value is -2.57. The first-order chi connectivity index (χ1) is 16.0. The molecule has 8 nitrogen and oxygen atoms in total. The van der Waals surface area contributed by atoms with Crippen LogP contribution in [0.3, 0.4) is 0 Å². The number of pyridine rings is 1. The van der Waals surface area contributed by atoms with E-state index in [4.69, 9.17) is 20.7 Å².